The zero-order valence-corrected chi connectivity index (χ0v) is 19.0. The van der Waals surface area contributed by atoms with Crippen LogP contribution in [0.25, 0.3) is 0 Å². The number of amides is 2. The Morgan fingerprint density at radius 2 is 1.74 bits per heavy atom. The molecule has 1 unspecified atom stereocenters. The Bertz CT molecular complexity index is 1110. The van der Waals surface area contributed by atoms with Gasteiger partial charge in [0.15, 0.2) is 5.17 Å². The number of hydrogen-bond donors (Lipinski definition) is 1. The fourth-order valence-electron chi connectivity index (χ4n) is 3.16. The maximum Gasteiger partial charge on any atom is 0.238 e. The first-order valence-corrected chi connectivity index (χ1v) is 11.5. The molecule has 0 radical (unpaired) electrons. The van der Waals surface area contributed by atoms with Crippen LogP contribution < -0.4 is 5.32 Å². The summed E-state index contributed by atoms with van der Waals surface area (Å²) in [7, 11) is 0. The zero-order valence-electron chi connectivity index (χ0n) is 16.6. The molecular formula is C24H20BrN3O2S. The van der Waals surface area contributed by atoms with E-state index in [0.717, 1.165) is 15.7 Å². The van der Waals surface area contributed by atoms with Crippen molar-refractivity contribution >= 4 is 56.0 Å². The molecule has 4 rings (SSSR count). The molecule has 3 aromatic rings. The van der Waals surface area contributed by atoms with Gasteiger partial charge >= 0.3 is 0 Å². The maximum atomic E-state index is 13.1. The molecule has 156 valence electrons. The summed E-state index contributed by atoms with van der Waals surface area (Å²) in [6, 6.07) is 26.6. The molecule has 0 bridgehead atoms. The second-order valence-electron chi connectivity index (χ2n) is 7.01. The number of rotatable bonds is 5. The smallest absolute Gasteiger partial charge is 0.238 e. The topological polar surface area (TPSA) is 61.8 Å². The quantitative estimate of drug-likeness (QED) is 0.502. The average molecular weight is 494 g/mol. The summed E-state index contributed by atoms with van der Waals surface area (Å²) in [4.78, 5) is 32.3. The third-order valence-corrected chi connectivity index (χ3v) is 6.37. The van der Waals surface area contributed by atoms with Gasteiger partial charge in [0.05, 0.1) is 12.2 Å². The second-order valence-corrected chi connectivity index (χ2v) is 9.09. The van der Waals surface area contributed by atoms with E-state index in [1.54, 1.807) is 4.90 Å². The lowest BCUT2D eigenvalue weighted by Gasteiger charge is -2.32. The molecule has 31 heavy (non-hydrogen) atoms. The lowest BCUT2D eigenvalue weighted by molar-refractivity contribution is -0.129. The Morgan fingerprint density at radius 1 is 1.03 bits per heavy atom. The maximum absolute atomic E-state index is 13.1. The summed E-state index contributed by atoms with van der Waals surface area (Å²) in [6.07, 6.45) is 0.116. The predicted octanol–water partition coefficient (Wildman–Crippen LogP) is 5.61. The van der Waals surface area contributed by atoms with Crippen molar-refractivity contribution in [1.29, 1.82) is 0 Å². The largest absolute Gasteiger partial charge is 0.325 e. The van der Waals surface area contributed by atoms with Crippen molar-refractivity contribution in [1.82, 2.24) is 4.90 Å². The molecule has 1 heterocycles. The van der Waals surface area contributed by atoms with E-state index in [9.17, 15) is 9.59 Å². The van der Waals surface area contributed by atoms with Crippen molar-refractivity contribution in [3.63, 3.8) is 0 Å². The molecule has 0 aliphatic carbocycles. The van der Waals surface area contributed by atoms with E-state index >= 15 is 0 Å². The van der Waals surface area contributed by atoms with E-state index in [4.69, 9.17) is 4.99 Å². The highest BCUT2D eigenvalue weighted by Gasteiger charge is 2.36. The molecule has 0 aromatic heterocycles. The summed E-state index contributed by atoms with van der Waals surface area (Å²) in [5.41, 5.74) is 2.43. The Hall–Kier alpha value is -2.90. The van der Waals surface area contributed by atoms with Crippen LogP contribution in [0.4, 0.5) is 11.4 Å². The number of hydrogen-bond acceptors (Lipinski definition) is 4. The number of thioether (sulfide) groups is 1. The third kappa shape index (κ3) is 5.62. The lowest BCUT2D eigenvalue weighted by atomic mass is 10.2. The zero-order chi connectivity index (χ0) is 21.6. The van der Waals surface area contributed by atoms with Crippen molar-refractivity contribution < 1.29 is 9.59 Å². The van der Waals surface area contributed by atoms with Gasteiger partial charge in [-0.1, -0.05) is 82.3 Å². The monoisotopic (exact) mass is 493 g/mol. The number of benzene rings is 3. The highest BCUT2D eigenvalue weighted by Crippen LogP contribution is 2.31. The summed E-state index contributed by atoms with van der Waals surface area (Å²) in [5.74, 6) is -0.330. The first-order chi connectivity index (χ1) is 15.1. The van der Waals surface area contributed by atoms with E-state index in [-0.39, 0.29) is 18.2 Å². The van der Waals surface area contributed by atoms with E-state index in [1.165, 1.54) is 11.8 Å². The number of para-hydroxylation sites is 1. The highest BCUT2D eigenvalue weighted by molar-refractivity contribution is 9.10. The standard InChI is InChI=1S/C24H20BrN3O2S/c25-18-10-7-13-20(14-18)26-23(30)21-15-22(29)28(16-17-8-3-1-4-9-17)24(31-21)27-19-11-5-2-6-12-19/h1-14,21H,15-16H2,(H,26,30). The van der Waals surface area contributed by atoms with Gasteiger partial charge in [-0.3, -0.25) is 14.5 Å². The van der Waals surface area contributed by atoms with Gasteiger partial charge in [0.25, 0.3) is 0 Å². The minimum absolute atomic E-state index is 0.116. The summed E-state index contributed by atoms with van der Waals surface area (Å²) >= 11 is 4.73. The predicted molar refractivity (Wildman–Crippen MR) is 129 cm³/mol. The summed E-state index contributed by atoms with van der Waals surface area (Å²) in [5, 5.41) is 2.88. The first-order valence-electron chi connectivity index (χ1n) is 9.79. The third-order valence-electron chi connectivity index (χ3n) is 4.69. The van der Waals surface area contributed by atoms with Crippen molar-refractivity contribution in [2.45, 2.75) is 18.2 Å². The molecule has 1 fully saturated rings. The van der Waals surface area contributed by atoms with Crippen molar-refractivity contribution in [2.75, 3.05) is 5.32 Å². The number of carbonyl (C=O) groups is 2. The van der Waals surface area contributed by atoms with Crippen LogP contribution in [0.5, 0.6) is 0 Å². The molecule has 0 saturated carbocycles. The Morgan fingerprint density at radius 3 is 2.45 bits per heavy atom. The number of aliphatic imine (C=N–C) groups is 1. The normalized spacial score (nSPS) is 17.6. The van der Waals surface area contributed by atoms with Crippen LogP contribution in [0, 0.1) is 0 Å². The van der Waals surface area contributed by atoms with Crippen LogP contribution in [0.15, 0.2) is 94.4 Å². The molecule has 2 amide bonds. The van der Waals surface area contributed by atoms with Gasteiger partial charge in [-0.2, -0.15) is 0 Å². The van der Waals surface area contributed by atoms with E-state index in [1.807, 2.05) is 84.9 Å². The van der Waals surface area contributed by atoms with Crippen LogP contribution >= 0.6 is 27.7 Å². The van der Waals surface area contributed by atoms with Gasteiger partial charge in [0.1, 0.15) is 5.25 Å². The average Bonchev–Trinajstić information content (AvgIpc) is 2.77. The number of nitrogens with zero attached hydrogens (tertiary/aromatic N) is 2. The van der Waals surface area contributed by atoms with Gasteiger partial charge in [0.2, 0.25) is 11.8 Å². The molecule has 1 N–H and O–H groups in total. The fourth-order valence-corrected chi connectivity index (χ4v) is 4.66. The number of halogens is 1. The number of carbonyl (C=O) groups excluding carboxylic acids is 2. The molecule has 3 aromatic carbocycles. The molecule has 1 atom stereocenters. The van der Waals surface area contributed by atoms with Crippen LogP contribution in [-0.2, 0) is 16.1 Å². The molecule has 5 nitrogen and oxygen atoms in total. The van der Waals surface area contributed by atoms with Crippen LogP contribution in [0.3, 0.4) is 0 Å². The number of anilines is 1. The first kappa shape index (κ1) is 21.3. The summed E-state index contributed by atoms with van der Waals surface area (Å²) in [6.45, 7) is 0.415. The van der Waals surface area contributed by atoms with Gasteiger partial charge in [0, 0.05) is 16.6 Å². The van der Waals surface area contributed by atoms with Crippen LogP contribution in [0.2, 0.25) is 0 Å². The number of nitrogens with one attached hydrogen (secondary N) is 1. The minimum Gasteiger partial charge on any atom is -0.325 e. The van der Waals surface area contributed by atoms with Gasteiger partial charge in [-0.15, -0.1) is 0 Å². The second kappa shape index (κ2) is 9.94. The molecule has 1 aliphatic rings. The Balaban J connectivity index is 1.58. The minimum atomic E-state index is -0.555. The molecule has 1 saturated heterocycles. The van der Waals surface area contributed by atoms with E-state index < -0.39 is 5.25 Å². The van der Waals surface area contributed by atoms with Gasteiger partial charge in [-0.05, 0) is 35.9 Å². The fraction of sp³-hybridized carbons (Fsp3) is 0.125. The lowest BCUT2D eigenvalue weighted by Crippen LogP contribution is -2.44. The Kier molecular flexibility index (Phi) is 6.84. The van der Waals surface area contributed by atoms with Crippen LogP contribution in [0.1, 0.15) is 12.0 Å². The van der Waals surface area contributed by atoms with Crippen molar-refractivity contribution in [3.8, 4) is 0 Å². The highest BCUT2D eigenvalue weighted by atomic mass is 79.9. The molecular weight excluding hydrogens is 474 g/mol. The molecule has 1 aliphatic heterocycles. The van der Waals surface area contributed by atoms with E-state index in [2.05, 4.69) is 21.2 Å². The molecule has 7 heteroatoms. The van der Waals surface area contributed by atoms with Gasteiger partial charge in [-0.25, -0.2) is 4.99 Å². The van der Waals surface area contributed by atoms with Crippen LogP contribution in [-0.4, -0.2) is 27.1 Å². The summed E-state index contributed by atoms with van der Waals surface area (Å²) < 4.78 is 0.873. The van der Waals surface area contributed by atoms with Crippen molar-refractivity contribution in [2.24, 2.45) is 4.99 Å². The van der Waals surface area contributed by atoms with E-state index in [0.29, 0.717) is 17.4 Å². The Labute approximate surface area is 193 Å². The van der Waals surface area contributed by atoms with Gasteiger partial charge < -0.3 is 5.32 Å². The molecule has 0 spiro atoms. The van der Waals surface area contributed by atoms with Crippen molar-refractivity contribution in [3.05, 3.63) is 95.0 Å². The SMILES string of the molecule is O=C(Nc1cccc(Br)c1)C1CC(=O)N(Cc2ccccc2)C(=Nc2ccccc2)S1. The number of amidine groups is 1.